The lowest BCUT2D eigenvalue weighted by Gasteiger charge is -2.24. The van der Waals surface area contributed by atoms with Gasteiger partial charge in [-0.25, -0.2) is 8.42 Å². The highest BCUT2D eigenvalue weighted by Gasteiger charge is 2.35. The van der Waals surface area contributed by atoms with Crippen LogP contribution >= 0.6 is 0 Å². The predicted octanol–water partition coefficient (Wildman–Crippen LogP) is 3.88. The fourth-order valence-electron chi connectivity index (χ4n) is 3.58. The Morgan fingerprint density at radius 2 is 1.44 bits per heavy atom. The third-order valence-corrected chi connectivity index (χ3v) is 6.61. The lowest BCUT2D eigenvalue weighted by atomic mass is 10.1. The number of pyridine rings is 1. The number of sulfone groups is 1. The minimum Gasteiger partial charge on any atom is -0.353 e. The predicted molar refractivity (Wildman–Crippen MR) is 105 cm³/mol. The summed E-state index contributed by atoms with van der Waals surface area (Å²) in [4.78, 5) is 13.3. The number of para-hydroxylation sites is 3. The first-order valence-electron chi connectivity index (χ1n) is 8.43. The molecule has 0 fully saturated rings. The van der Waals surface area contributed by atoms with Gasteiger partial charge >= 0.3 is 0 Å². The van der Waals surface area contributed by atoms with Crippen LogP contribution in [0.4, 0.5) is 11.4 Å². The molecule has 1 aliphatic rings. The van der Waals surface area contributed by atoms with Crippen LogP contribution in [0.1, 0.15) is 0 Å². The van der Waals surface area contributed by atoms with Crippen LogP contribution in [0.15, 0.2) is 93.4 Å². The molecule has 1 aromatic heterocycles. The molecule has 0 saturated heterocycles. The first-order chi connectivity index (χ1) is 13.1. The molecule has 0 radical (unpaired) electrons. The number of nitrogens with zero attached hydrogens (tertiary/aromatic N) is 1. The van der Waals surface area contributed by atoms with Gasteiger partial charge in [0.05, 0.1) is 21.8 Å². The molecule has 5 nitrogen and oxygen atoms in total. The highest BCUT2D eigenvalue weighted by atomic mass is 32.2. The fourth-order valence-corrected chi connectivity index (χ4v) is 5.21. The lowest BCUT2D eigenvalue weighted by molar-refractivity contribution is 0.594. The SMILES string of the molecule is O=c1c2c(c3ccccc3n1-c1ccccc1)Nc1ccccc1S2(=O)=O. The normalized spacial score (nSPS) is 14.2. The van der Waals surface area contributed by atoms with E-state index in [2.05, 4.69) is 5.32 Å². The number of benzene rings is 3. The van der Waals surface area contributed by atoms with Crippen LogP contribution in [0.25, 0.3) is 16.6 Å². The van der Waals surface area contributed by atoms with Gasteiger partial charge in [-0.2, -0.15) is 0 Å². The topological polar surface area (TPSA) is 68.2 Å². The Morgan fingerprint density at radius 3 is 2.26 bits per heavy atom. The molecule has 2 heterocycles. The zero-order chi connectivity index (χ0) is 18.6. The molecule has 4 aromatic rings. The Labute approximate surface area is 155 Å². The Morgan fingerprint density at radius 1 is 0.778 bits per heavy atom. The Hall–Kier alpha value is -3.38. The van der Waals surface area contributed by atoms with Crippen molar-refractivity contribution < 1.29 is 8.42 Å². The van der Waals surface area contributed by atoms with Crippen LogP contribution in [0.3, 0.4) is 0 Å². The maximum atomic E-state index is 13.4. The van der Waals surface area contributed by atoms with Crippen molar-refractivity contribution in [1.82, 2.24) is 4.57 Å². The zero-order valence-corrected chi connectivity index (χ0v) is 14.9. The molecule has 27 heavy (non-hydrogen) atoms. The van der Waals surface area contributed by atoms with Crippen molar-refractivity contribution in [2.24, 2.45) is 0 Å². The molecule has 6 heteroatoms. The van der Waals surface area contributed by atoms with Crippen molar-refractivity contribution in [2.75, 3.05) is 5.32 Å². The van der Waals surface area contributed by atoms with Gasteiger partial charge in [0.25, 0.3) is 5.56 Å². The van der Waals surface area contributed by atoms with E-state index in [1.165, 1.54) is 10.6 Å². The summed E-state index contributed by atoms with van der Waals surface area (Å²) in [6.45, 7) is 0. The van der Waals surface area contributed by atoms with E-state index in [1.807, 2.05) is 42.5 Å². The number of rotatable bonds is 1. The molecular formula is C21H14N2O3S. The number of anilines is 2. The summed E-state index contributed by atoms with van der Waals surface area (Å²) in [6, 6.07) is 23.0. The molecular weight excluding hydrogens is 360 g/mol. The smallest absolute Gasteiger partial charge is 0.276 e. The van der Waals surface area contributed by atoms with Crippen LogP contribution in [0.2, 0.25) is 0 Å². The molecule has 1 N–H and O–H groups in total. The van der Waals surface area contributed by atoms with Gasteiger partial charge in [-0.3, -0.25) is 9.36 Å². The van der Waals surface area contributed by atoms with Crippen molar-refractivity contribution in [1.29, 1.82) is 0 Å². The summed E-state index contributed by atoms with van der Waals surface area (Å²) < 4.78 is 28.0. The van der Waals surface area contributed by atoms with Crippen molar-refractivity contribution >= 4 is 32.1 Å². The summed E-state index contributed by atoms with van der Waals surface area (Å²) in [5.41, 5.74) is 1.52. The molecule has 0 saturated carbocycles. The molecule has 0 amide bonds. The average molecular weight is 374 g/mol. The van der Waals surface area contributed by atoms with E-state index in [0.717, 1.165) is 0 Å². The van der Waals surface area contributed by atoms with E-state index in [1.54, 1.807) is 30.3 Å². The maximum absolute atomic E-state index is 13.4. The molecule has 0 bridgehead atoms. The van der Waals surface area contributed by atoms with Crippen LogP contribution in [-0.2, 0) is 9.84 Å². The van der Waals surface area contributed by atoms with Crippen molar-refractivity contribution in [2.45, 2.75) is 9.79 Å². The van der Waals surface area contributed by atoms with Crippen molar-refractivity contribution in [3.63, 3.8) is 0 Å². The molecule has 0 spiro atoms. The fraction of sp³-hybridized carbons (Fsp3) is 0. The van der Waals surface area contributed by atoms with Gasteiger partial charge in [0.2, 0.25) is 9.84 Å². The third-order valence-electron chi connectivity index (χ3n) is 4.76. The Bertz CT molecular complexity index is 1370. The molecule has 0 aliphatic carbocycles. The van der Waals surface area contributed by atoms with Crippen LogP contribution < -0.4 is 10.9 Å². The largest absolute Gasteiger partial charge is 0.353 e. The van der Waals surface area contributed by atoms with Crippen molar-refractivity contribution in [3.05, 3.63) is 89.2 Å². The molecule has 0 unspecified atom stereocenters. The summed E-state index contributed by atoms with van der Waals surface area (Å²) in [6.07, 6.45) is 0. The van der Waals surface area contributed by atoms with Crippen LogP contribution in [0, 0.1) is 0 Å². The van der Waals surface area contributed by atoms with E-state index in [0.29, 0.717) is 28.0 Å². The van der Waals surface area contributed by atoms with Gasteiger partial charge in [0, 0.05) is 11.1 Å². The number of aromatic nitrogens is 1. The number of fused-ring (bicyclic) bond motifs is 4. The number of hydrogen-bond acceptors (Lipinski definition) is 4. The first kappa shape index (κ1) is 15.8. The summed E-state index contributed by atoms with van der Waals surface area (Å²) in [7, 11) is -3.95. The van der Waals surface area contributed by atoms with Crippen molar-refractivity contribution in [3.8, 4) is 5.69 Å². The van der Waals surface area contributed by atoms with Gasteiger partial charge in [0.15, 0.2) is 4.90 Å². The third kappa shape index (κ3) is 2.17. The van der Waals surface area contributed by atoms with E-state index >= 15 is 0 Å². The molecule has 3 aromatic carbocycles. The zero-order valence-electron chi connectivity index (χ0n) is 14.1. The Kier molecular flexibility index (Phi) is 3.26. The molecule has 132 valence electrons. The quantitative estimate of drug-likeness (QED) is 0.483. The summed E-state index contributed by atoms with van der Waals surface area (Å²) >= 11 is 0. The van der Waals surface area contributed by atoms with E-state index in [9.17, 15) is 13.2 Å². The monoisotopic (exact) mass is 374 g/mol. The highest BCUT2D eigenvalue weighted by molar-refractivity contribution is 7.92. The minimum absolute atomic E-state index is 0.115. The maximum Gasteiger partial charge on any atom is 0.276 e. The minimum atomic E-state index is -3.95. The lowest BCUT2D eigenvalue weighted by Crippen LogP contribution is -2.29. The Balaban J connectivity index is 1.99. The number of hydrogen-bond donors (Lipinski definition) is 1. The number of nitrogens with one attached hydrogen (secondary N) is 1. The van der Waals surface area contributed by atoms with Gasteiger partial charge in [0.1, 0.15) is 0 Å². The van der Waals surface area contributed by atoms with Gasteiger partial charge in [-0.1, -0.05) is 48.5 Å². The van der Waals surface area contributed by atoms with Gasteiger partial charge in [-0.15, -0.1) is 0 Å². The molecule has 5 rings (SSSR count). The first-order valence-corrected chi connectivity index (χ1v) is 9.92. The molecule has 0 atom stereocenters. The summed E-state index contributed by atoms with van der Waals surface area (Å²) in [5.74, 6) is 0. The van der Waals surface area contributed by atoms with E-state index < -0.39 is 15.4 Å². The standard InChI is InChI=1S/C21H14N2O3S/c24-21-20-19(22-16-11-5-7-13-18(16)27(20,25)26)15-10-4-6-12-17(15)23(21)14-8-2-1-3-9-14/h1-13,22H. The van der Waals surface area contributed by atoms with Gasteiger partial charge < -0.3 is 5.32 Å². The average Bonchev–Trinajstić information content (AvgIpc) is 2.68. The van der Waals surface area contributed by atoms with E-state index in [4.69, 9.17) is 0 Å². The van der Waals surface area contributed by atoms with Crippen LogP contribution in [0.5, 0.6) is 0 Å². The molecule has 1 aliphatic heterocycles. The van der Waals surface area contributed by atoms with Crippen LogP contribution in [-0.4, -0.2) is 13.0 Å². The second-order valence-corrected chi connectivity index (χ2v) is 8.18. The summed E-state index contributed by atoms with van der Waals surface area (Å²) in [5, 5.41) is 3.84. The second-order valence-electron chi connectivity index (χ2n) is 6.32. The van der Waals surface area contributed by atoms with E-state index in [-0.39, 0.29) is 9.79 Å². The highest BCUT2D eigenvalue weighted by Crippen LogP contribution is 2.41. The van der Waals surface area contributed by atoms with Gasteiger partial charge in [-0.05, 0) is 30.3 Å². The second kappa shape index (κ2) is 5.56.